The second-order valence-electron chi connectivity index (χ2n) is 3.50. The summed E-state index contributed by atoms with van der Waals surface area (Å²) < 4.78 is 23.6. The van der Waals surface area contributed by atoms with Crippen LogP contribution >= 0.6 is 0 Å². The second kappa shape index (κ2) is 6.48. The van der Waals surface area contributed by atoms with Crippen LogP contribution in [0.4, 0.5) is 8.78 Å². The van der Waals surface area contributed by atoms with Gasteiger partial charge in [0, 0.05) is 12.6 Å². The second-order valence-corrected chi connectivity index (χ2v) is 3.50. The van der Waals surface area contributed by atoms with Crippen LogP contribution in [-0.4, -0.2) is 25.6 Å². The summed E-state index contributed by atoms with van der Waals surface area (Å²) in [6.07, 6.45) is -1.61. The molecule has 15 heavy (non-hydrogen) atoms. The Morgan fingerprint density at radius 2 is 1.80 bits per heavy atom. The van der Waals surface area contributed by atoms with Crippen molar-refractivity contribution in [1.82, 2.24) is 5.32 Å². The molecule has 0 aromatic heterocycles. The fourth-order valence-electron chi connectivity index (χ4n) is 1.37. The number of rotatable bonds is 6. The summed E-state index contributed by atoms with van der Waals surface area (Å²) in [5.74, 6) is 0. The molecule has 1 aromatic rings. The molecule has 1 atom stereocenters. The molecule has 0 radical (unpaired) electrons. The van der Waals surface area contributed by atoms with Crippen LogP contribution in [0.3, 0.4) is 0 Å². The lowest BCUT2D eigenvalue weighted by Crippen LogP contribution is -2.37. The van der Waals surface area contributed by atoms with Gasteiger partial charge in [0.25, 0.3) is 6.43 Å². The Hall–Kier alpha value is -1.00. The zero-order valence-corrected chi connectivity index (χ0v) is 8.50. The van der Waals surface area contributed by atoms with Crippen LogP contribution < -0.4 is 11.1 Å². The van der Waals surface area contributed by atoms with E-state index < -0.39 is 6.43 Å². The molecular weight excluding hydrogens is 198 g/mol. The molecule has 0 saturated carbocycles. The molecule has 0 aliphatic carbocycles. The van der Waals surface area contributed by atoms with Crippen molar-refractivity contribution < 1.29 is 8.78 Å². The summed E-state index contributed by atoms with van der Waals surface area (Å²) in [5, 5.41) is 2.63. The number of alkyl halides is 2. The highest BCUT2D eigenvalue weighted by Gasteiger charge is 2.05. The van der Waals surface area contributed by atoms with Gasteiger partial charge in [-0.05, 0) is 12.0 Å². The molecule has 0 fully saturated rings. The van der Waals surface area contributed by atoms with Gasteiger partial charge in [-0.25, -0.2) is 8.78 Å². The Morgan fingerprint density at radius 1 is 1.13 bits per heavy atom. The Kier molecular flexibility index (Phi) is 5.21. The van der Waals surface area contributed by atoms with E-state index in [1.165, 1.54) is 0 Å². The van der Waals surface area contributed by atoms with Gasteiger partial charge in [0.1, 0.15) is 0 Å². The molecule has 0 spiro atoms. The van der Waals surface area contributed by atoms with E-state index in [0.29, 0.717) is 13.0 Å². The fraction of sp³-hybridized carbons (Fsp3) is 0.455. The summed E-state index contributed by atoms with van der Waals surface area (Å²) in [6, 6.07) is 9.65. The average molecular weight is 214 g/mol. The summed E-state index contributed by atoms with van der Waals surface area (Å²) in [6.45, 7) is 0.127. The van der Waals surface area contributed by atoms with E-state index in [1.807, 2.05) is 30.3 Å². The first kappa shape index (κ1) is 12.1. The van der Waals surface area contributed by atoms with E-state index in [2.05, 4.69) is 5.32 Å². The van der Waals surface area contributed by atoms with Gasteiger partial charge in [-0.2, -0.15) is 0 Å². The van der Waals surface area contributed by atoms with Gasteiger partial charge in [0.15, 0.2) is 0 Å². The van der Waals surface area contributed by atoms with E-state index >= 15 is 0 Å². The number of hydrogen-bond acceptors (Lipinski definition) is 2. The van der Waals surface area contributed by atoms with Crippen molar-refractivity contribution >= 4 is 0 Å². The van der Waals surface area contributed by atoms with Crippen molar-refractivity contribution in [3.8, 4) is 0 Å². The molecule has 0 bridgehead atoms. The van der Waals surface area contributed by atoms with Crippen LogP contribution in [0.1, 0.15) is 5.56 Å². The lowest BCUT2D eigenvalue weighted by Gasteiger charge is -2.12. The van der Waals surface area contributed by atoms with Crippen LogP contribution in [0.25, 0.3) is 0 Å². The van der Waals surface area contributed by atoms with E-state index in [-0.39, 0.29) is 12.6 Å². The van der Waals surface area contributed by atoms with Crippen molar-refractivity contribution in [2.75, 3.05) is 13.1 Å². The minimum Gasteiger partial charge on any atom is -0.326 e. The van der Waals surface area contributed by atoms with E-state index in [9.17, 15) is 8.78 Å². The van der Waals surface area contributed by atoms with Gasteiger partial charge < -0.3 is 11.1 Å². The van der Waals surface area contributed by atoms with Crippen LogP contribution in [0, 0.1) is 0 Å². The van der Waals surface area contributed by atoms with Crippen LogP contribution in [0.5, 0.6) is 0 Å². The third-order valence-corrected chi connectivity index (χ3v) is 2.05. The Bertz CT molecular complexity index is 265. The van der Waals surface area contributed by atoms with Crippen molar-refractivity contribution in [3.05, 3.63) is 35.9 Å². The maximum atomic E-state index is 11.8. The molecule has 84 valence electrons. The number of benzene rings is 1. The predicted molar refractivity (Wildman–Crippen MR) is 57.0 cm³/mol. The molecule has 1 unspecified atom stereocenters. The molecule has 0 aliphatic rings. The first-order valence-electron chi connectivity index (χ1n) is 4.97. The maximum Gasteiger partial charge on any atom is 0.250 e. The summed E-state index contributed by atoms with van der Waals surface area (Å²) >= 11 is 0. The number of halogens is 2. The normalized spacial score (nSPS) is 13.1. The topological polar surface area (TPSA) is 38.0 Å². The third kappa shape index (κ3) is 5.44. The number of nitrogens with two attached hydrogens (primary N) is 1. The highest BCUT2D eigenvalue weighted by Crippen LogP contribution is 2.01. The Labute approximate surface area is 88.5 Å². The molecule has 1 aromatic carbocycles. The molecule has 4 heteroatoms. The molecule has 2 nitrogen and oxygen atoms in total. The average Bonchev–Trinajstić information content (AvgIpc) is 2.18. The largest absolute Gasteiger partial charge is 0.326 e. The minimum atomic E-state index is -2.31. The zero-order chi connectivity index (χ0) is 11.1. The number of hydrogen-bond donors (Lipinski definition) is 2. The van der Waals surface area contributed by atoms with Gasteiger partial charge in [-0.15, -0.1) is 0 Å². The summed E-state index contributed by atoms with van der Waals surface area (Å²) in [4.78, 5) is 0. The van der Waals surface area contributed by atoms with Crippen molar-refractivity contribution in [1.29, 1.82) is 0 Å². The molecule has 0 saturated heterocycles. The van der Waals surface area contributed by atoms with Gasteiger partial charge in [0.2, 0.25) is 0 Å². The number of nitrogens with one attached hydrogen (secondary N) is 1. The standard InChI is InChI=1S/C11H16F2N2/c12-11(13)8-15-7-10(14)6-9-4-2-1-3-5-9/h1-5,10-11,15H,6-8,14H2. The lowest BCUT2D eigenvalue weighted by atomic mass is 10.1. The van der Waals surface area contributed by atoms with E-state index in [1.54, 1.807) is 0 Å². The molecule has 3 N–H and O–H groups in total. The highest BCUT2D eigenvalue weighted by molar-refractivity contribution is 5.15. The van der Waals surface area contributed by atoms with Gasteiger partial charge in [0.05, 0.1) is 6.54 Å². The van der Waals surface area contributed by atoms with Crippen LogP contribution in [0.15, 0.2) is 30.3 Å². The van der Waals surface area contributed by atoms with Gasteiger partial charge in [-0.1, -0.05) is 30.3 Å². The molecule has 0 amide bonds. The SMILES string of the molecule is NC(CNCC(F)F)Cc1ccccc1. The molecule has 0 heterocycles. The lowest BCUT2D eigenvalue weighted by molar-refractivity contribution is 0.145. The molecular formula is C11H16F2N2. The first-order valence-corrected chi connectivity index (χ1v) is 4.97. The first-order chi connectivity index (χ1) is 7.18. The molecule has 0 aliphatic heterocycles. The van der Waals surface area contributed by atoms with Crippen molar-refractivity contribution in [2.45, 2.75) is 18.9 Å². The van der Waals surface area contributed by atoms with Gasteiger partial charge >= 0.3 is 0 Å². The van der Waals surface area contributed by atoms with Crippen LogP contribution in [-0.2, 0) is 6.42 Å². The third-order valence-electron chi connectivity index (χ3n) is 2.05. The summed E-state index contributed by atoms with van der Waals surface area (Å²) in [7, 11) is 0. The maximum absolute atomic E-state index is 11.8. The quantitative estimate of drug-likeness (QED) is 0.751. The van der Waals surface area contributed by atoms with Crippen molar-refractivity contribution in [2.24, 2.45) is 5.73 Å². The Morgan fingerprint density at radius 3 is 2.40 bits per heavy atom. The Balaban J connectivity index is 2.21. The fourth-order valence-corrected chi connectivity index (χ4v) is 1.37. The summed E-state index contributed by atoms with van der Waals surface area (Å²) in [5.41, 5.74) is 6.91. The molecule has 1 rings (SSSR count). The smallest absolute Gasteiger partial charge is 0.250 e. The zero-order valence-electron chi connectivity index (χ0n) is 8.50. The highest BCUT2D eigenvalue weighted by atomic mass is 19.3. The monoisotopic (exact) mass is 214 g/mol. The predicted octanol–water partition coefficient (Wildman–Crippen LogP) is 1.41. The van der Waals surface area contributed by atoms with E-state index in [0.717, 1.165) is 5.56 Å². The van der Waals surface area contributed by atoms with Gasteiger partial charge in [-0.3, -0.25) is 0 Å². The minimum absolute atomic E-state index is 0.119. The van der Waals surface area contributed by atoms with Crippen molar-refractivity contribution in [3.63, 3.8) is 0 Å². The van der Waals surface area contributed by atoms with Crippen LogP contribution in [0.2, 0.25) is 0 Å². The van der Waals surface area contributed by atoms with E-state index in [4.69, 9.17) is 5.73 Å².